The molecule has 3 aromatic rings. The summed E-state index contributed by atoms with van der Waals surface area (Å²) in [6.45, 7) is 1.02. The first kappa shape index (κ1) is 15.9. The number of hydrogen-bond donors (Lipinski definition) is 2. The summed E-state index contributed by atoms with van der Waals surface area (Å²) >= 11 is 0. The Morgan fingerprint density at radius 1 is 1.17 bits per heavy atom. The number of aromatic nitrogens is 2. The lowest BCUT2D eigenvalue weighted by molar-refractivity contribution is 0.240. The lowest BCUT2D eigenvalue weighted by Crippen LogP contribution is -2.36. The van der Waals surface area contributed by atoms with Crippen molar-refractivity contribution >= 4 is 11.5 Å². The second kappa shape index (κ2) is 7.50. The Hall–Kier alpha value is -3.02. The minimum Gasteiger partial charge on any atom is -0.497 e. The third-order valence-corrected chi connectivity index (χ3v) is 3.80. The molecule has 0 aliphatic heterocycles. The zero-order valence-corrected chi connectivity index (χ0v) is 13.5. The van der Waals surface area contributed by atoms with Crippen LogP contribution in [0.4, 0.5) is 4.79 Å². The van der Waals surface area contributed by atoms with Gasteiger partial charge in [-0.2, -0.15) is 5.10 Å². The van der Waals surface area contributed by atoms with Gasteiger partial charge in [-0.3, -0.25) is 0 Å². The summed E-state index contributed by atoms with van der Waals surface area (Å²) in [6.07, 6.45) is 4.43. The molecule has 0 unspecified atom stereocenters. The van der Waals surface area contributed by atoms with E-state index in [2.05, 4.69) is 15.7 Å². The fourth-order valence-electron chi connectivity index (χ4n) is 2.47. The highest BCUT2D eigenvalue weighted by atomic mass is 16.5. The summed E-state index contributed by atoms with van der Waals surface area (Å²) in [5.74, 6) is 0.831. The van der Waals surface area contributed by atoms with Gasteiger partial charge < -0.3 is 15.4 Å². The largest absolute Gasteiger partial charge is 0.497 e. The highest BCUT2D eigenvalue weighted by Crippen LogP contribution is 2.11. The number of nitrogens with one attached hydrogen (secondary N) is 2. The van der Waals surface area contributed by atoms with Gasteiger partial charge in [0.05, 0.1) is 18.8 Å². The molecule has 124 valence electrons. The number of amides is 2. The first-order valence-corrected chi connectivity index (χ1v) is 7.82. The van der Waals surface area contributed by atoms with Crippen LogP contribution >= 0.6 is 0 Å². The number of carbonyl (C=O) groups excluding carboxylic acids is 1. The first-order valence-electron chi connectivity index (χ1n) is 7.82. The van der Waals surface area contributed by atoms with Gasteiger partial charge in [-0.25, -0.2) is 9.31 Å². The molecule has 0 spiro atoms. The van der Waals surface area contributed by atoms with Gasteiger partial charge in [0.25, 0.3) is 0 Å². The van der Waals surface area contributed by atoms with E-state index < -0.39 is 0 Å². The Kier molecular flexibility index (Phi) is 4.96. The molecular weight excluding hydrogens is 304 g/mol. The van der Waals surface area contributed by atoms with E-state index in [0.29, 0.717) is 13.1 Å². The van der Waals surface area contributed by atoms with Crippen molar-refractivity contribution in [2.75, 3.05) is 13.7 Å². The van der Waals surface area contributed by atoms with Gasteiger partial charge in [0, 0.05) is 24.8 Å². The molecule has 2 amide bonds. The fourth-order valence-corrected chi connectivity index (χ4v) is 2.47. The van der Waals surface area contributed by atoms with Crippen LogP contribution in [0.25, 0.3) is 5.52 Å². The van der Waals surface area contributed by atoms with E-state index in [-0.39, 0.29) is 6.03 Å². The molecule has 2 N–H and O–H groups in total. The van der Waals surface area contributed by atoms with Crippen molar-refractivity contribution in [1.82, 2.24) is 20.2 Å². The molecule has 24 heavy (non-hydrogen) atoms. The maximum atomic E-state index is 11.9. The van der Waals surface area contributed by atoms with Crippen LogP contribution in [0, 0.1) is 0 Å². The van der Waals surface area contributed by atoms with Crippen LogP contribution in [-0.2, 0) is 13.0 Å². The van der Waals surface area contributed by atoms with Crippen molar-refractivity contribution in [2.24, 2.45) is 0 Å². The monoisotopic (exact) mass is 324 g/mol. The number of methoxy groups -OCH3 is 1. The van der Waals surface area contributed by atoms with E-state index in [9.17, 15) is 4.79 Å². The zero-order chi connectivity index (χ0) is 16.8. The van der Waals surface area contributed by atoms with Crippen molar-refractivity contribution in [2.45, 2.75) is 13.0 Å². The number of ether oxygens (including phenoxy) is 1. The topological polar surface area (TPSA) is 67.7 Å². The van der Waals surface area contributed by atoms with Gasteiger partial charge in [0.2, 0.25) is 0 Å². The predicted molar refractivity (Wildman–Crippen MR) is 92.1 cm³/mol. The molecule has 0 bridgehead atoms. The van der Waals surface area contributed by atoms with Crippen LogP contribution < -0.4 is 15.4 Å². The third-order valence-electron chi connectivity index (χ3n) is 3.80. The normalized spacial score (nSPS) is 10.5. The first-order chi connectivity index (χ1) is 11.8. The molecule has 2 aromatic heterocycles. The number of carbonyl (C=O) groups is 1. The van der Waals surface area contributed by atoms with Crippen molar-refractivity contribution < 1.29 is 9.53 Å². The summed E-state index contributed by atoms with van der Waals surface area (Å²) in [5.41, 5.74) is 3.13. The van der Waals surface area contributed by atoms with Gasteiger partial charge in [0.15, 0.2) is 0 Å². The van der Waals surface area contributed by atoms with Crippen molar-refractivity contribution in [3.8, 4) is 5.75 Å². The molecule has 0 saturated carbocycles. The summed E-state index contributed by atoms with van der Waals surface area (Å²) in [4.78, 5) is 11.9. The molecule has 0 aliphatic rings. The SMILES string of the molecule is COc1ccc(CCNC(=O)NCc2cnn3ccccc23)cc1. The van der Waals surface area contributed by atoms with Gasteiger partial charge in [0.1, 0.15) is 5.75 Å². The van der Waals surface area contributed by atoms with Crippen LogP contribution in [0.2, 0.25) is 0 Å². The number of urea groups is 1. The van der Waals surface area contributed by atoms with E-state index in [1.54, 1.807) is 17.8 Å². The van der Waals surface area contributed by atoms with Crippen molar-refractivity contribution in [1.29, 1.82) is 0 Å². The molecule has 3 rings (SSSR count). The van der Waals surface area contributed by atoms with Gasteiger partial charge in [-0.05, 0) is 36.2 Å². The summed E-state index contributed by atoms with van der Waals surface area (Å²) in [7, 11) is 1.64. The van der Waals surface area contributed by atoms with Crippen LogP contribution in [-0.4, -0.2) is 29.3 Å². The van der Waals surface area contributed by atoms with E-state index in [0.717, 1.165) is 28.8 Å². The number of rotatable bonds is 6. The second-order valence-electron chi connectivity index (χ2n) is 5.41. The highest BCUT2D eigenvalue weighted by Gasteiger charge is 2.05. The van der Waals surface area contributed by atoms with E-state index >= 15 is 0 Å². The zero-order valence-electron chi connectivity index (χ0n) is 13.5. The highest BCUT2D eigenvalue weighted by molar-refractivity contribution is 5.74. The lowest BCUT2D eigenvalue weighted by atomic mass is 10.1. The van der Waals surface area contributed by atoms with E-state index in [4.69, 9.17) is 4.74 Å². The standard InChI is InChI=1S/C18H20N4O2/c1-24-16-7-5-14(6-8-16)9-10-19-18(23)20-12-15-13-21-22-11-3-2-4-17(15)22/h2-8,11,13H,9-10,12H2,1H3,(H2,19,20,23). The number of hydrogen-bond acceptors (Lipinski definition) is 3. The Bertz CT molecular complexity index is 811. The minimum atomic E-state index is -0.182. The average Bonchev–Trinajstić information content (AvgIpc) is 3.04. The molecule has 0 saturated heterocycles. The maximum Gasteiger partial charge on any atom is 0.315 e. The molecule has 2 heterocycles. The Labute approximate surface area is 140 Å². The van der Waals surface area contributed by atoms with Crippen LogP contribution in [0.5, 0.6) is 5.75 Å². The van der Waals surface area contributed by atoms with Crippen molar-refractivity contribution in [3.63, 3.8) is 0 Å². The Morgan fingerprint density at radius 2 is 2.00 bits per heavy atom. The number of pyridine rings is 1. The van der Waals surface area contributed by atoms with Gasteiger partial charge in [-0.15, -0.1) is 0 Å². The predicted octanol–water partition coefficient (Wildman–Crippen LogP) is 2.38. The number of fused-ring (bicyclic) bond motifs is 1. The molecule has 1 aromatic carbocycles. The minimum absolute atomic E-state index is 0.182. The Morgan fingerprint density at radius 3 is 2.79 bits per heavy atom. The van der Waals surface area contributed by atoms with Crippen molar-refractivity contribution in [3.05, 3.63) is 66.0 Å². The van der Waals surface area contributed by atoms with Crippen LogP contribution in [0.1, 0.15) is 11.1 Å². The second-order valence-corrected chi connectivity index (χ2v) is 5.41. The Balaban J connectivity index is 1.44. The fraction of sp³-hybridized carbons (Fsp3) is 0.222. The molecular formula is C18H20N4O2. The molecule has 0 aliphatic carbocycles. The average molecular weight is 324 g/mol. The van der Waals surface area contributed by atoms with E-state index in [1.807, 2.05) is 48.7 Å². The van der Waals surface area contributed by atoms with E-state index in [1.165, 1.54) is 0 Å². The van der Waals surface area contributed by atoms with Gasteiger partial charge in [-0.1, -0.05) is 18.2 Å². The molecule has 0 atom stereocenters. The molecule has 6 nitrogen and oxygen atoms in total. The quantitative estimate of drug-likeness (QED) is 0.731. The van der Waals surface area contributed by atoms with Gasteiger partial charge >= 0.3 is 6.03 Å². The lowest BCUT2D eigenvalue weighted by Gasteiger charge is -2.07. The smallest absolute Gasteiger partial charge is 0.315 e. The summed E-state index contributed by atoms with van der Waals surface area (Å²) in [6, 6.07) is 13.5. The summed E-state index contributed by atoms with van der Waals surface area (Å²) in [5, 5.41) is 9.97. The molecule has 6 heteroatoms. The van der Waals surface area contributed by atoms with Crippen LogP contribution in [0.3, 0.4) is 0 Å². The molecule has 0 fully saturated rings. The maximum absolute atomic E-state index is 11.9. The number of nitrogens with zero attached hydrogens (tertiary/aromatic N) is 2. The third kappa shape index (κ3) is 3.84. The number of benzene rings is 1. The summed E-state index contributed by atoms with van der Waals surface area (Å²) < 4.78 is 6.91. The van der Waals surface area contributed by atoms with Crippen LogP contribution in [0.15, 0.2) is 54.9 Å². The molecule has 0 radical (unpaired) electrons.